The summed E-state index contributed by atoms with van der Waals surface area (Å²) in [6.45, 7) is 4.92. The van der Waals surface area contributed by atoms with Crippen LogP contribution in [-0.4, -0.2) is 37.2 Å². The fourth-order valence-corrected chi connectivity index (χ4v) is 1.89. The summed E-state index contributed by atoms with van der Waals surface area (Å²) in [7, 11) is 1.43. The quantitative estimate of drug-likeness (QED) is 0.502. The molecule has 0 amide bonds. The predicted molar refractivity (Wildman–Crippen MR) is 57.1 cm³/mol. The summed E-state index contributed by atoms with van der Waals surface area (Å²) in [5.41, 5.74) is 0. The monoisotopic (exact) mass is 205 g/mol. The van der Waals surface area contributed by atoms with Crippen LogP contribution in [0.1, 0.15) is 20.3 Å². The number of carbonyl (C=O) groups is 1. The van der Waals surface area contributed by atoms with Crippen molar-refractivity contribution in [1.29, 1.82) is 0 Å². The lowest BCUT2D eigenvalue weighted by Crippen LogP contribution is -2.39. The summed E-state index contributed by atoms with van der Waals surface area (Å²) >= 11 is 1.78. The smallest absolute Gasteiger partial charge is 0.323 e. The zero-order valence-electron chi connectivity index (χ0n) is 8.63. The molecule has 0 aliphatic rings. The van der Waals surface area contributed by atoms with E-state index in [-0.39, 0.29) is 12.0 Å². The number of likely N-dealkylation sites (N-methyl/N-ethyl adjacent to an activating group) is 1. The number of nitrogens with one attached hydrogen (secondary N) is 1. The first-order valence-electron chi connectivity index (χ1n) is 4.65. The largest absolute Gasteiger partial charge is 0.468 e. The summed E-state index contributed by atoms with van der Waals surface area (Å²) in [5.74, 6) is 1.73. The molecule has 0 radical (unpaired) electrons. The fourth-order valence-electron chi connectivity index (χ4n) is 0.944. The van der Waals surface area contributed by atoms with Crippen molar-refractivity contribution in [1.82, 2.24) is 5.32 Å². The van der Waals surface area contributed by atoms with Crippen LogP contribution in [0.4, 0.5) is 0 Å². The average molecular weight is 205 g/mol. The fraction of sp³-hybridized carbons (Fsp3) is 0.889. The van der Waals surface area contributed by atoms with E-state index in [0.29, 0.717) is 0 Å². The zero-order valence-corrected chi connectivity index (χ0v) is 9.45. The first-order chi connectivity index (χ1) is 6.26. The Kier molecular flexibility index (Phi) is 8.24. The molecule has 0 bridgehead atoms. The Morgan fingerprint density at radius 1 is 1.54 bits per heavy atom. The van der Waals surface area contributed by atoms with Gasteiger partial charge in [-0.1, -0.05) is 13.8 Å². The Balaban J connectivity index is 3.73. The highest BCUT2D eigenvalue weighted by atomic mass is 32.2. The van der Waals surface area contributed by atoms with Gasteiger partial charge in [0.15, 0.2) is 0 Å². The van der Waals surface area contributed by atoms with Crippen molar-refractivity contribution in [3.8, 4) is 0 Å². The van der Waals surface area contributed by atoms with Crippen LogP contribution in [0.15, 0.2) is 0 Å². The SMILES string of the molecule is CCCSCC(NCC)C(=O)OC. The van der Waals surface area contributed by atoms with Crippen molar-refractivity contribution in [3.63, 3.8) is 0 Å². The molecule has 0 aliphatic carbocycles. The molecule has 0 aliphatic heterocycles. The molecule has 0 aromatic heterocycles. The number of methoxy groups -OCH3 is 1. The zero-order chi connectivity index (χ0) is 10.1. The van der Waals surface area contributed by atoms with Gasteiger partial charge in [-0.15, -0.1) is 0 Å². The molecule has 0 saturated carbocycles. The van der Waals surface area contributed by atoms with E-state index < -0.39 is 0 Å². The summed E-state index contributed by atoms with van der Waals surface area (Å²) in [5, 5.41) is 3.10. The van der Waals surface area contributed by atoms with E-state index in [9.17, 15) is 4.79 Å². The van der Waals surface area contributed by atoms with Gasteiger partial charge in [-0.3, -0.25) is 4.79 Å². The van der Waals surface area contributed by atoms with Gasteiger partial charge in [0.1, 0.15) is 6.04 Å². The van der Waals surface area contributed by atoms with Gasteiger partial charge < -0.3 is 10.1 Å². The summed E-state index contributed by atoms with van der Waals surface area (Å²) in [6, 6.07) is -0.147. The second-order valence-electron chi connectivity index (χ2n) is 2.71. The Bertz CT molecular complexity index is 142. The second kappa shape index (κ2) is 8.38. The van der Waals surface area contributed by atoms with Crippen LogP contribution in [0.25, 0.3) is 0 Å². The van der Waals surface area contributed by atoms with Gasteiger partial charge in [0, 0.05) is 5.75 Å². The highest BCUT2D eigenvalue weighted by Gasteiger charge is 2.16. The van der Waals surface area contributed by atoms with Crippen molar-refractivity contribution in [3.05, 3.63) is 0 Å². The lowest BCUT2D eigenvalue weighted by molar-refractivity contribution is -0.142. The van der Waals surface area contributed by atoms with E-state index in [1.54, 1.807) is 11.8 Å². The van der Waals surface area contributed by atoms with Crippen molar-refractivity contribution < 1.29 is 9.53 Å². The first-order valence-corrected chi connectivity index (χ1v) is 5.80. The molecular weight excluding hydrogens is 186 g/mol. The molecule has 0 heterocycles. The number of rotatable bonds is 7. The molecule has 0 rings (SSSR count). The molecule has 0 fully saturated rings. The molecule has 13 heavy (non-hydrogen) atoms. The Morgan fingerprint density at radius 3 is 2.69 bits per heavy atom. The molecule has 1 unspecified atom stereocenters. The minimum Gasteiger partial charge on any atom is -0.468 e. The number of hydrogen-bond acceptors (Lipinski definition) is 4. The highest BCUT2D eigenvalue weighted by Crippen LogP contribution is 2.05. The number of esters is 1. The lowest BCUT2D eigenvalue weighted by atomic mass is 10.3. The second-order valence-corrected chi connectivity index (χ2v) is 3.86. The topological polar surface area (TPSA) is 38.3 Å². The maximum absolute atomic E-state index is 11.2. The van der Waals surface area contributed by atoms with E-state index in [1.807, 2.05) is 6.92 Å². The van der Waals surface area contributed by atoms with Gasteiger partial charge in [-0.05, 0) is 18.7 Å². The highest BCUT2D eigenvalue weighted by molar-refractivity contribution is 7.99. The van der Waals surface area contributed by atoms with E-state index in [1.165, 1.54) is 7.11 Å². The standard InChI is InChI=1S/C9H19NO2S/c1-4-6-13-7-8(10-5-2)9(11)12-3/h8,10H,4-7H2,1-3H3. The normalized spacial score (nSPS) is 12.5. The van der Waals surface area contributed by atoms with Crippen LogP contribution < -0.4 is 5.32 Å². The number of ether oxygens (including phenoxy) is 1. The lowest BCUT2D eigenvalue weighted by Gasteiger charge is -2.14. The van der Waals surface area contributed by atoms with Crippen molar-refractivity contribution in [2.45, 2.75) is 26.3 Å². The van der Waals surface area contributed by atoms with Crippen LogP contribution >= 0.6 is 11.8 Å². The van der Waals surface area contributed by atoms with Crippen LogP contribution in [0.2, 0.25) is 0 Å². The maximum atomic E-state index is 11.2. The molecule has 0 spiro atoms. The third-order valence-corrected chi connectivity index (χ3v) is 2.84. The summed E-state index contributed by atoms with van der Waals surface area (Å²) in [4.78, 5) is 11.2. The van der Waals surface area contributed by atoms with Gasteiger partial charge in [0.2, 0.25) is 0 Å². The first kappa shape index (κ1) is 12.8. The minimum absolute atomic E-state index is 0.147. The molecule has 1 atom stereocenters. The number of hydrogen-bond donors (Lipinski definition) is 1. The summed E-state index contributed by atoms with van der Waals surface area (Å²) in [6.07, 6.45) is 1.14. The van der Waals surface area contributed by atoms with Gasteiger partial charge in [0.25, 0.3) is 0 Å². The van der Waals surface area contributed by atoms with Crippen LogP contribution in [0.3, 0.4) is 0 Å². The Morgan fingerprint density at radius 2 is 2.23 bits per heavy atom. The average Bonchev–Trinajstić information content (AvgIpc) is 2.16. The minimum atomic E-state index is -0.162. The number of carbonyl (C=O) groups excluding carboxylic acids is 1. The Hall–Kier alpha value is -0.220. The predicted octanol–water partition coefficient (Wildman–Crippen LogP) is 1.28. The third kappa shape index (κ3) is 5.93. The van der Waals surface area contributed by atoms with Gasteiger partial charge >= 0.3 is 5.97 Å². The number of thioether (sulfide) groups is 1. The molecule has 0 aromatic carbocycles. The van der Waals surface area contributed by atoms with Crippen molar-refractivity contribution in [2.75, 3.05) is 25.2 Å². The van der Waals surface area contributed by atoms with Gasteiger partial charge in [0.05, 0.1) is 7.11 Å². The molecule has 0 saturated heterocycles. The van der Waals surface area contributed by atoms with E-state index in [2.05, 4.69) is 17.0 Å². The summed E-state index contributed by atoms with van der Waals surface area (Å²) < 4.78 is 4.68. The molecule has 3 nitrogen and oxygen atoms in total. The van der Waals surface area contributed by atoms with Gasteiger partial charge in [-0.2, -0.15) is 11.8 Å². The van der Waals surface area contributed by atoms with Crippen LogP contribution in [-0.2, 0) is 9.53 Å². The Labute approximate surface area is 84.6 Å². The van der Waals surface area contributed by atoms with Crippen LogP contribution in [0, 0.1) is 0 Å². The molecule has 78 valence electrons. The van der Waals surface area contributed by atoms with E-state index >= 15 is 0 Å². The van der Waals surface area contributed by atoms with E-state index in [0.717, 1.165) is 24.5 Å². The van der Waals surface area contributed by atoms with Crippen LogP contribution in [0.5, 0.6) is 0 Å². The van der Waals surface area contributed by atoms with Gasteiger partial charge in [-0.25, -0.2) is 0 Å². The maximum Gasteiger partial charge on any atom is 0.323 e. The third-order valence-electron chi connectivity index (χ3n) is 1.57. The van der Waals surface area contributed by atoms with Crippen molar-refractivity contribution in [2.24, 2.45) is 0 Å². The van der Waals surface area contributed by atoms with E-state index in [4.69, 9.17) is 0 Å². The van der Waals surface area contributed by atoms with Crippen molar-refractivity contribution >= 4 is 17.7 Å². The molecular formula is C9H19NO2S. The molecule has 0 aromatic rings. The molecule has 1 N–H and O–H groups in total. The molecule has 4 heteroatoms.